The van der Waals surface area contributed by atoms with Gasteiger partial charge in [-0.05, 0) is 32.8 Å². The molecule has 4 heteroatoms. The topological polar surface area (TPSA) is 55.4 Å². The van der Waals surface area contributed by atoms with E-state index >= 15 is 0 Å². The first-order valence-corrected chi connectivity index (χ1v) is 5.87. The van der Waals surface area contributed by atoms with Gasteiger partial charge in [0.15, 0.2) is 0 Å². The van der Waals surface area contributed by atoms with Gasteiger partial charge in [0.2, 0.25) is 5.91 Å². The molecule has 0 heterocycles. The SMILES string of the molecule is C=CC(=O)NC(C(=O)OC(C)(C)C)C(C)CC. The van der Waals surface area contributed by atoms with Crippen molar-refractivity contribution < 1.29 is 14.3 Å². The molecule has 0 aromatic carbocycles. The van der Waals surface area contributed by atoms with Crippen LogP contribution < -0.4 is 5.32 Å². The fourth-order valence-electron chi connectivity index (χ4n) is 1.25. The molecule has 98 valence electrons. The molecular weight excluding hydrogens is 218 g/mol. The summed E-state index contributed by atoms with van der Waals surface area (Å²) in [6, 6.07) is -0.621. The smallest absolute Gasteiger partial charge is 0.329 e. The zero-order chi connectivity index (χ0) is 13.6. The van der Waals surface area contributed by atoms with Crippen molar-refractivity contribution in [2.45, 2.75) is 52.7 Å². The maximum atomic E-state index is 11.9. The molecule has 0 aliphatic rings. The first-order valence-electron chi connectivity index (χ1n) is 5.87. The van der Waals surface area contributed by atoms with Crippen molar-refractivity contribution in [2.75, 3.05) is 0 Å². The summed E-state index contributed by atoms with van der Waals surface area (Å²) in [5.74, 6) is -0.739. The predicted octanol–water partition coefficient (Wildman–Crippen LogP) is 2.04. The Morgan fingerprint density at radius 1 is 1.41 bits per heavy atom. The van der Waals surface area contributed by atoms with Crippen LogP contribution in [0, 0.1) is 5.92 Å². The van der Waals surface area contributed by atoms with Crippen LogP contribution in [0.1, 0.15) is 41.0 Å². The highest BCUT2D eigenvalue weighted by molar-refractivity contribution is 5.91. The van der Waals surface area contributed by atoms with Gasteiger partial charge in [-0.2, -0.15) is 0 Å². The van der Waals surface area contributed by atoms with Crippen molar-refractivity contribution in [3.05, 3.63) is 12.7 Å². The summed E-state index contributed by atoms with van der Waals surface area (Å²) >= 11 is 0. The van der Waals surface area contributed by atoms with Crippen LogP contribution in [0.5, 0.6) is 0 Å². The summed E-state index contributed by atoms with van der Waals surface area (Å²) in [6.45, 7) is 12.6. The van der Waals surface area contributed by atoms with E-state index in [0.717, 1.165) is 12.5 Å². The third-order valence-corrected chi connectivity index (χ3v) is 2.36. The van der Waals surface area contributed by atoms with Gasteiger partial charge in [-0.1, -0.05) is 26.8 Å². The maximum absolute atomic E-state index is 11.9. The summed E-state index contributed by atoms with van der Waals surface area (Å²) in [5.41, 5.74) is -0.554. The van der Waals surface area contributed by atoms with Gasteiger partial charge in [0.25, 0.3) is 0 Å². The molecule has 0 spiro atoms. The van der Waals surface area contributed by atoms with Gasteiger partial charge < -0.3 is 10.1 Å². The zero-order valence-corrected chi connectivity index (χ0v) is 11.4. The van der Waals surface area contributed by atoms with Gasteiger partial charge >= 0.3 is 5.97 Å². The van der Waals surface area contributed by atoms with Crippen LogP contribution in [-0.4, -0.2) is 23.5 Å². The van der Waals surface area contributed by atoms with Crippen LogP contribution >= 0.6 is 0 Å². The molecule has 2 unspecified atom stereocenters. The van der Waals surface area contributed by atoms with E-state index in [1.807, 2.05) is 13.8 Å². The van der Waals surface area contributed by atoms with Crippen molar-refractivity contribution in [1.29, 1.82) is 0 Å². The molecule has 0 aliphatic heterocycles. The van der Waals surface area contributed by atoms with E-state index in [2.05, 4.69) is 11.9 Å². The molecule has 0 aromatic heterocycles. The Labute approximate surface area is 103 Å². The molecule has 0 radical (unpaired) electrons. The minimum Gasteiger partial charge on any atom is -0.458 e. The Bertz CT molecular complexity index is 292. The summed E-state index contributed by atoms with van der Waals surface area (Å²) < 4.78 is 5.28. The van der Waals surface area contributed by atoms with E-state index in [1.54, 1.807) is 20.8 Å². The number of hydrogen-bond acceptors (Lipinski definition) is 3. The molecular formula is C13H23NO3. The van der Waals surface area contributed by atoms with Crippen molar-refractivity contribution in [3.8, 4) is 0 Å². The lowest BCUT2D eigenvalue weighted by atomic mass is 9.99. The summed E-state index contributed by atoms with van der Waals surface area (Å²) in [6.07, 6.45) is 1.93. The zero-order valence-electron chi connectivity index (χ0n) is 11.4. The number of hydrogen-bond donors (Lipinski definition) is 1. The predicted molar refractivity (Wildman–Crippen MR) is 67.4 cm³/mol. The van der Waals surface area contributed by atoms with Crippen LogP contribution in [0.25, 0.3) is 0 Å². The minimum atomic E-state index is -0.621. The first-order chi connectivity index (χ1) is 7.71. The molecule has 0 rings (SSSR count). The average molecular weight is 241 g/mol. The summed E-state index contributed by atoms with van der Waals surface area (Å²) in [7, 11) is 0. The second-order valence-corrected chi connectivity index (χ2v) is 5.11. The fourth-order valence-corrected chi connectivity index (χ4v) is 1.25. The standard InChI is InChI=1S/C13H23NO3/c1-7-9(3)11(14-10(15)8-2)12(16)17-13(4,5)6/h8-9,11H,2,7H2,1,3-6H3,(H,14,15). The fraction of sp³-hybridized carbons (Fsp3) is 0.692. The Hall–Kier alpha value is -1.32. The molecule has 0 saturated heterocycles. The van der Waals surface area contributed by atoms with Crippen LogP contribution in [0.2, 0.25) is 0 Å². The molecule has 0 bridgehead atoms. The molecule has 0 saturated carbocycles. The van der Waals surface area contributed by atoms with Gasteiger partial charge in [0.05, 0.1) is 0 Å². The molecule has 0 aromatic rings. The van der Waals surface area contributed by atoms with Crippen molar-refractivity contribution in [3.63, 3.8) is 0 Å². The van der Waals surface area contributed by atoms with E-state index in [-0.39, 0.29) is 11.8 Å². The lowest BCUT2D eigenvalue weighted by Crippen LogP contribution is -2.47. The van der Waals surface area contributed by atoms with Gasteiger partial charge in [-0.15, -0.1) is 0 Å². The largest absolute Gasteiger partial charge is 0.458 e. The van der Waals surface area contributed by atoms with Crippen LogP contribution in [-0.2, 0) is 14.3 Å². The number of amides is 1. The highest BCUT2D eigenvalue weighted by Crippen LogP contribution is 2.14. The molecule has 0 fully saturated rings. The van der Waals surface area contributed by atoms with Gasteiger partial charge in [-0.25, -0.2) is 4.79 Å². The van der Waals surface area contributed by atoms with E-state index in [1.165, 1.54) is 0 Å². The maximum Gasteiger partial charge on any atom is 0.329 e. The van der Waals surface area contributed by atoms with Gasteiger partial charge in [0.1, 0.15) is 11.6 Å². The lowest BCUT2D eigenvalue weighted by molar-refractivity contribution is -0.159. The molecule has 1 N–H and O–H groups in total. The van der Waals surface area contributed by atoms with E-state index in [0.29, 0.717) is 0 Å². The second kappa shape index (κ2) is 6.42. The molecule has 17 heavy (non-hydrogen) atoms. The van der Waals surface area contributed by atoms with E-state index in [4.69, 9.17) is 4.74 Å². The molecule has 1 amide bonds. The third-order valence-electron chi connectivity index (χ3n) is 2.36. The number of nitrogens with one attached hydrogen (secondary N) is 1. The number of carbonyl (C=O) groups excluding carboxylic acids is 2. The minimum absolute atomic E-state index is 0.0220. The van der Waals surface area contributed by atoms with Crippen molar-refractivity contribution in [2.24, 2.45) is 5.92 Å². The lowest BCUT2D eigenvalue weighted by Gasteiger charge is -2.27. The number of esters is 1. The monoisotopic (exact) mass is 241 g/mol. The summed E-state index contributed by atoms with van der Waals surface area (Å²) in [5, 5.41) is 2.61. The van der Waals surface area contributed by atoms with Crippen molar-refractivity contribution in [1.82, 2.24) is 5.32 Å². The van der Waals surface area contributed by atoms with Gasteiger partial charge in [-0.3, -0.25) is 4.79 Å². The number of rotatable bonds is 5. The average Bonchev–Trinajstić information content (AvgIpc) is 2.21. The first kappa shape index (κ1) is 15.7. The van der Waals surface area contributed by atoms with E-state index < -0.39 is 17.6 Å². The van der Waals surface area contributed by atoms with Crippen molar-refractivity contribution >= 4 is 11.9 Å². The molecule has 0 aliphatic carbocycles. The number of ether oxygens (including phenoxy) is 1. The van der Waals surface area contributed by atoms with Crippen LogP contribution in [0.3, 0.4) is 0 Å². The molecule has 4 nitrogen and oxygen atoms in total. The normalized spacial score (nSPS) is 14.6. The third kappa shape index (κ3) is 6.09. The Kier molecular flexibility index (Phi) is 5.93. The second-order valence-electron chi connectivity index (χ2n) is 5.11. The molecule has 2 atom stereocenters. The van der Waals surface area contributed by atoms with Crippen LogP contribution in [0.15, 0.2) is 12.7 Å². The summed E-state index contributed by atoms with van der Waals surface area (Å²) in [4.78, 5) is 23.2. The van der Waals surface area contributed by atoms with Crippen LogP contribution in [0.4, 0.5) is 0 Å². The Morgan fingerprint density at radius 3 is 2.29 bits per heavy atom. The Balaban J connectivity index is 4.74. The number of carbonyl (C=O) groups is 2. The highest BCUT2D eigenvalue weighted by Gasteiger charge is 2.29. The highest BCUT2D eigenvalue weighted by atomic mass is 16.6. The quantitative estimate of drug-likeness (QED) is 0.592. The van der Waals surface area contributed by atoms with Gasteiger partial charge in [0, 0.05) is 0 Å². The Morgan fingerprint density at radius 2 is 1.94 bits per heavy atom. The van der Waals surface area contributed by atoms with E-state index in [9.17, 15) is 9.59 Å².